The molecule has 6 heteroatoms. The SMILES string of the molecule is CC(=O)c1cccc(Nc2ccc(C(=O)Nc3ccc(C)c(C)c3)nn2)c1. The zero-order valence-electron chi connectivity index (χ0n) is 15.4. The number of hydrogen-bond donors (Lipinski definition) is 2. The molecule has 0 saturated carbocycles. The molecule has 1 aromatic heterocycles. The van der Waals surface area contributed by atoms with E-state index in [4.69, 9.17) is 0 Å². The number of benzene rings is 2. The lowest BCUT2D eigenvalue weighted by Crippen LogP contribution is -2.14. The first-order chi connectivity index (χ1) is 12.9. The molecule has 0 bridgehead atoms. The minimum absolute atomic E-state index is 0.0110. The summed E-state index contributed by atoms with van der Waals surface area (Å²) in [5, 5.41) is 13.9. The fraction of sp³-hybridized carbons (Fsp3) is 0.143. The molecule has 1 amide bonds. The Labute approximate surface area is 157 Å². The number of aromatic nitrogens is 2. The van der Waals surface area contributed by atoms with Crippen LogP contribution in [0, 0.1) is 13.8 Å². The number of carbonyl (C=O) groups excluding carboxylic acids is 2. The van der Waals surface area contributed by atoms with Crippen molar-refractivity contribution in [3.8, 4) is 0 Å². The van der Waals surface area contributed by atoms with Gasteiger partial charge in [-0.15, -0.1) is 10.2 Å². The Kier molecular flexibility index (Phi) is 5.26. The average Bonchev–Trinajstić information content (AvgIpc) is 2.65. The summed E-state index contributed by atoms with van der Waals surface area (Å²) in [6.07, 6.45) is 0. The Balaban J connectivity index is 1.69. The van der Waals surface area contributed by atoms with Crippen LogP contribution >= 0.6 is 0 Å². The van der Waals surface area contributed by atoms with Gasteiger partial charge in [-0.2, -0.15) is 0 Å². The van der Waals surface area contributed by atoms with E-state index >= 15 is 0 Å². The third-order valence-corrected chi connectivity index (χ3v) is 4.20. The summed E-state index contributed by atoms with van der Waals surface area (Å²) in [6, 6.07) is 16.1. The Hall–Kier alpha value is -3.54. The molecule has 0 fully saturated rings. The third kappa shape index (κ3) is 4.55. The zero-order chi connectivity index (χ0) is 19.4. The molecule has 0 atom stereocenters. The second kappa shape index (κ2) is 7.78. The van der Waals surface area contributed by atoms with Crippen molar-refractivity contribution < 1.29 is 9.59 Å². The van der Waals surface area contributed by atoms with E-state index in [2.05, 4.69) is 20.8 Å². The van der Waals surface area contributed by atoms with Crippen LogP contribution in [0.2, 0.25) is 0 Å². The number of anilines is 3. The van der Waals surface area contributed by atoms with E-state index in [1.165, 1.54) is 6.92 Å². The summed E-state index contributed by atoms with van der Waals surface area (Å²) < 4.78 is 0. The average molecular weight is 360 g/mol. The fourth-order valence-electron chi connectivity index (χ4n) is 2.50. The number of nitrogens with zero attached hydrogens (tertiary/aromatic N) is 2. The van der Waals surface area contributed by atoms with Crippen LogP contribution in [0.3, 0.4) is 0 Å². The number of Topliss-reactive ketones (excluding diaryl/α,β-unsaturated/α-hetero) is 1. The second-order valence-electron chi connectivity index (χ2n) is 6.32. The molecule has 0 aliphatic heterocycles. The van der Waals surface area contributed by atoms with Gasteiger partial charge >= 0.3 is 0 Å². The molecule has 27 heavy (non-hydrogen) atoms. The van der Waals surface area contributed by atoms with Gasteiger partial charge in [-0.25, -0.2) is 0 Å². The number of carbonyl (C=O) groups is 2. The van der Waals surface area contributed by atoms with Crippen molar-refractivity contribution in [2.24, 2.45) is 0 Å². The molecule has 1 heterocycles. The number of aryl methyl sites for hydroxylation is 2. The maximum absolute atomic E-state index is 12.3. The highest BCUT2D eigenvalue weighted by molar-refractivity contribution is 6.02. The quantitative estimate of drug-likeness (QED) is 0.663. The van der Waals surface area contributed by atoms with E-state index in [-0.39, 0.29) is 17.4 Å². The van der Waals surface area contributed by atoms with Crippen LogP contribution in [-0.4, -0.2) is 21.9 Å². The lowest BCUT2D eigenvalue weighted by atomic mass is 10.1. The monoisotopic (exact) mass is 360 g/mol. The van der Waals surface area contributed by atoms with Crippen LogP contribution in [0.15, 0.2) is 54.6 Å². The molecule has 0 unspecified atom stereocenters. The molecule has 0 aliphatic rings. The first kappa shape index (κ1) is 18.3. The maximum Gasteiger partial charge on any atom is 0.276 e. The Morgan fingerprint density at radius 1 is 0.852 bits per heavy atom. The van der Waals surface area contributed by atoms with E-state index in [0.29, 0.717) is 17.1 Å². The van der Waals surface area contributed by atoms with E-state index in [0.717, 1.165) is 16.8 Å². The molecular weight excluding hydrogens is 340 g/mol. The first-order valence-electron chi connectivity index (χ1n) is 8.53. The number of ketones is 1. The van der Waals surface area contributed by atoms with Gasteiger partial charge in [0.15, 0.2) is 17.3 Å². The Morgan fingerprint density at radius 2 is 1.67 bits per heavy atom. The van der Waals surface area contributed by atoms with Crippen molar-refractivity contribution >= 4 is 28.9 Å². The molecule has 136 valence electrons. The zero-order valence-corrected chi connectivity index (χ0v) is 15.4. The van der Waals surface area contributed by atoms with E-state index in [1.807, 2.05) is 38.1 Å². The Morgan fingerprint density at radius 3 is 2.33 bits per heavy atom. The van der Waals surface area contributed by atoms with E-state index in [9.17, 15) is 9.59 Å². The van der Waals surface area contributed by atoms with E-state index in [1.54, 1.807) is 30.3 Å². The van der Waals surface area contributed by atoms with Gasteiger partial charge in [-0.1, -0.05) is 18.2 Å². The molecule has 2 N–H and O–H groups in total. The van der Waals surface area contributed by atoms with Gasteiger partial charge in [-0.3, -0.25) is 9.59 Å². The minimum atomic E-state index is -0.323. The smallest absolute Gasteiger partial charge is 0.276 e. The summed E-state index contributed by atoms with van der Waals surface area (Å²) in [7, 11) is 0. The molecule has 0 spiro atoms. The largest absolute Gasteiger partial charge is 0.339 e. The summed E-state index contributed by atoms with van der Waals surface area (Å²) >= 11 is 0. The van der Waals surface area contributed by atoms with Crippen LogP contribution in [0.25, 0.3) is 0 Å². The molecule has 0 radical (unpaired) electrons. The second-order valence-corrected chi connectivity index (χ2v) is 6.32. The molecule has 3 rings (SSSR count). The highest BCUT2D eigenvalue weighted by Gasteiger charge is 2.10. The van der Waals surface area contributed by atoms with Gasteiger partial charge in [0, 0.05) is 16.9 Å². The van der Waals surface area contributed by atoms with Crippen LogP contribution in [0.5, 0.6) is 0 Å². The van der Waals surface area contributed by atoms with Crippen molar-refractivity contribution in [1.82, 2.24) is 10.2 Å². The van der Waals surface area contributed by atoms with Gasteiger partial charge in [0.25, 0.3) is 5.91 Å². The van der Waals surface area contributed by atoms with Crippen molar-refractivity contribution in [3.63, 3.8) is 0 Å². The minimum Gasteiger partial charge on any atom is -0.339 e. The molecule has 0 aliphatic carbocycles. The number of rotatable bonds is 5. The molecular formula is C21H20N4O2. The van der Waals surface area contributed by atoms with Gasteiger partial charge in [0.1, 0.15) is 0 Å². The van der Waals surface area contributed by atoms with E-state index < -0.39 is 0 Å². The van der Waals surface area contributed by atoms with Crippen molar-refractivity contribution in [3.05, 3.63) is 77.0 Å². The van der Waals surface area contributed by atoms with Crippen LogP contribution in [0.4, 0.5) is 17.2 Å². The maximum atomic E-state index is 12.3. The van der Waals surface area contributed by atoms with Crippen molar-refractivity contribution in [2.75, 3.05) is 10.6 Å². The highest BCUT2D eigenvalue weighted by Crippen LogP contribution is 2.17. The summed E-state index contributed by atoms with van der Waals surface area (Å²) in [4.78, 5) is 23.8. The summed E-state index contributed by atoms with van der Waals surface area (Å²) in [5.74, 6) is 0.150. The third-order valence-electron chi connectivity index (χ3n) is 4.20. The number of amides is 1. The Bertz CT molecular complexity index is 997. The number of nitrogens with one attached hydrogen (secondary N) is 2. The van der Waals surface area contributed by atoms with Crippen LogP contribution in [0.1, 0.15) is 38.9 Å². The summed E-state index contributed by atoms with van der Waals surface area (Å²) in [5.41, 5.74) is 4.54. The molecule has 0 saturated heterocycles. The van der Waals surface area contributed by atoms with Gasteiger partial charge in [0.2, 0.25) is 0 Å². The van der Waals surface area contributed by atoms with Crippen molar-refractivity contribution in [1.29, 1.82) is 0 Å². The van der Waals surface area contributed by atoms with Crippen molar-refractivity contribution in [2.45, 2.75) is 20.8 Å². The van der Waals surface area contributed by atoms with Gasteiger partial charge < -0.3 is 10.6 Å². The van der Waals surface area contributed by atoms with Crippen LogP contribution < -0.4 is 10.6 Å². The van der Waals surface area contributed by atoms with Gasteiger partial charge in [0.05, 0.1) is 0 Å². The predicted octanol–water partition coefficient (Wildman–Crippen LogP) is 4.29. The molecule has 6 nitrogen and oxygen atoms in total. The standard InChI is InChI=1S/C21H20N4O2/c1-13-7-8-18(11-14(13)2)23-21(27)19-9-10-20(25-24-19)22-17-6-4-5-16(12-17)15(3)26/h4-12H,1-3H3,(H,22,25)(H,23,27). The first-order valence-corrected chi connectivity index (χ1v) is 8.53. The topological polar surface area (TPSA) is 84.0 Å². The number of hydrogen-bond acceptors (Lipinski definition) is 5. The fourth-order valence-corrected chi connectivity index (χ4v) is 2.50. The highest BCUT2D eigenvalue weighted by atomic mass is 16.2. The van der Waals surface area contributed by atoms with Gasteiger partial charge in [-0.05, 0) is 68.3 Å². The predicted molar refractivity (Wildman–Crippen MR) is 106 cm³/mol. The van der Waals surface area contributed by atoms with Crippen LogP contribution in [-0.2, 0) is 0 Å². The lowest BCUT2D eigenvalue weighted by Gasteiger charge is -2.08. The lowest BCUT2D eigenvalue weighted by molar-refractivity contribution is 0.101. The normalized spacial score (nSPS) is 10.3. The molecule has 2 aromatic carbocycles. The molecule has 3 aromatic rings. The summed E-state index contributed by atoms with van der Waals surface area (Å²) in [6.45, 7) is 5.53.